The lowest BCUT2D eigenvalue weighted by Crippen LogP contribution is -2.31. The van der Waals surface area contributed by atoms with Crippen LogP contribution in [0.2, 0.25) is 0 Å². The number of carbonyl (C=O) groups is 2. The molecule has 0 aliphatic rings. The number of carboxylic acids is 1. The molecule has 0 saturated heterocycles. The van der Waals surface area contributed by atoms with Crippen molar-refractivity contribution in [1.82, 2.24) is 5.32 Å². The molecule has 0 heterocycles. The summed E-state index contributed by atoms with van der Waals surface area (Å²) < 4.78 is 0. The molecule has 23 heavy (non-hydrogen) atoms. The molecule has 0 radical (unpaired) electrons. The fourth-order valence-electron chi connectivity index (χ4n) is 2.61. The van der Waals surface area contributed by atoms with Crippen molar-refractivity contribution in [2.24, 2.45) is 0 Å². The lowest BCUT2D eigenvalue weighted by atomic mass is 10.0. The number of rotatable bonds is 16. The second-order valence-electron chi connectivity index (χ2n) is 6.35. The summed E-state index contributed by atoms with van der Waals surface area (Å²) in [5.74, 6) is -1.47. The summed E-state index contributed by atoms with van der Waals surface area (Å²) in [5.41, 5.74) is 0. The summed E-state index contributed by atoms with van der Waals surface area (Å²) in [4.78, 5) is 21.6. The number of aliphatic carboxylic acids is 1. The number of amides is 1. The third-order valence-electron chi connectivity index (χ3n) is 4.00. The van der Waals surface area contributed by atoms with E-state index >= 15 is 0 Å². The molecule has 0 rings (SSSR count). The van der Waals surface area contributed by atoms with Gasteiger partial charge in [0.1, 0.15) is 6.54 Å². The van der Waals surface area contributed by atoms with Crippen LogP contribution in [0.4, 0.5) is 0 Å². The van der Waals surface area contributed by atoms with Gasteiger partial charge in [-0.15, -0.1) is 0 Å². The number of aliphatic hydroxyl groups excluding tert-OH is 1. The van der Waals surface area contributed by atoms with Crippen LogP contribution in [-0.4, -0.2) is 34.7 Å². The highest BCUT2D eigenvalue weighted by Gasteiger charge is 2.11. The van der Waals surface area contributed by atoms with Crippen LogP contribution in [0.5, 0.6) is 0 Å². The molecule has 0 aromatic heterocycles. The molecular weight excluding hydrogens is 294 g/mol. The molecular formula is C18H35NO4. The molecule has 1 amide bonds. The van der Waals surface area contributed by atoms with Gasteiger partial charge in [0.2, 0.25) is 5.91 Å². The van der Waals surface area contributed by atoms with E-state index in [0.29, 0.717) is 6.42 Å². The van der Waals surface area contributed by atoms with Crippen molar-refractivity contribution >= 4 is 11.9 Å². The van der Waals surface area contributed by atoms with Crippen LogP contribution in [0, 0.1) is 0 Å². The molecule has 0 saturated carbocycles. The standard InChI is InChI=1S/C18H35NO4/c1-2-3-4-5-6-7-8-9-10-11-12-13-16(20)14-17(21)19-15-18(22)23/h16,20H,2-15H2,1H3,(H,19,21)(H,22,23). The predicted octanol–water partition coefficient (Wildman–Crippen LogP) is 3.64. The maximum absolute atomic E-state index is 11.3. The van der Waals surface area contributed by atoms with E-state index in [4.69, 9.17) is 5.11 Å². The van der Waals surface area contributed by atoms with Crippen molar-refractivity contribution in [3.63, 3.8) is 0 Å². The highest BCUT2D eigenvalue weighted by molar-refractivity contribution is 5.81. The van der Waals surface area contributed by atoms with Gasteiger partial charge in [-0.3, -0.25) is 9.59 Å². The summed E-state index contributed by atoms with van der Waals surface area (Å²) in [6.07, 6.45) is 13.8. The molecule has 1 unspecified atom stereocenters. The van der Waals surface area contributed by atoms with Crippen molar-refractivity contribution in [2.45, 2.75) is 96.5 Å². The van der Waals surface area contributed by atoms with Gasteiger partial charge in [-0.2, -0.15) is 0 Å². The van der Waals surface area contributed by atoms with Crippen LogP contribution in [0.3, 0.4) is 0 Å². The average molecular weight is 329 g/mol. The van der Waals surface area contributed by atoms with Crippen molar-refractivity contribution in [2.75, 3.05) is 6.54 Å². The van der Waals surface area contributed by atoms with E-state index in [1.807, 2.05) is 0 Å². The van der Waals surface area contributed by atoms with E-state index in [2.05, 4.69) is 12.2 Å². The SMILES string of the molecule is CCCCCCCCCCCCCC(O)CC(=O)NCC(=O)O. The fourth-order valence-corrected chi connectivity index (χ4v) is 2.61. The normalized spacial score (nSPS) is 12.1. The second kappa shape index (κ2) is 15.8. The summed E-state index contributed by atoms with van der Waals surface area (Å²) in [6.45, 7) is 1.85. The third-order valence-corrected chi connectivity index (χ3v) is 4.00. The first-order valence-corrected chi connectivity index (χ1v) is 9.22. The van der Waals surface area contributed by atoms with Crippen LogP contribution in [0.25, 0.3) is 0 Å². The third kappa shape index (κ3) is 17.1. The molecule has 136 valence electrons. The van der Waals surface area contributed by atoms with Crippen molar-refractivity contribution in [1.29, 1.82) is 0 Å². The molecule has 0 spiro atoms. The Hall–Kier alpha value is -1.10. The Labute approximate surface area is 140 Å². The maximum atomic E-state index is 11.3. The number of aliphatic hydroxyl groups is 1. The number of hydrogen-bond acceptors (Lipinski definition) is 3. The van der Waals surface area contributed by atoms with Gasteiger partial charge in [0, 0.05) is 0 Å². The Balaban J connectivity index is 3.30. The highest BCUT2D eigenvalue weighted by Crippen LogP contribution is 2.13. The molecule has 0 aliphatic heterocycles. The van der Waals surface area contributed by atoms with Gasteiger partial charge < -0.3 is 15.5 Å². The number of nitrogens with one attached hydrogen (secondary N) is 1. The number of carboxylic acid groups (broad SMARTS) is 1. The first kappa shape index (κ1) is 21.9. The van der Waals surface area contributed by atoms with Gasteiger partial charge in [0.15, 0.2) is 0 Å². The first-order chi connectivity index (χ1) is 11.1. The van der Waals surface area contributed by atoms with Gasteiger partial charge in [0.05, 0.1) is 12.5 Å². The smallest absolute Gasteiger partial charge is 0.322 e. The molecule has 0 aromatic carbocycles. The second-order valence-corrected chi connectivity index (χ2v) is 6.35. The zero-order valence-corrected chi connectivity index (χ0v) is 14.7. The number of unbranched alkanes of at least 4 members (excludes halogenated alkanes) is 10. The topological polar surface area (TPSA) is 86.6 Å². The lowest BCUT2D eigenvalue weighted by Gasteiger charge is -2.10. The van der Waals surface area contributed by atoms with Crippen LogP contribution in [0.15, 0.2) is 0 Å². The molecule has 0 fully saturated rings. The van der Waals surface area contributed by atoms with Gasteiger partial charge >= 0.3 is 5.97 Å². The molecule has 5 heteroatoms. The summed E-state index contributed by atoms with van der Waals surface area (Å²) in [7, 11) is 0. The van der Waals surface area contributed by atoms with Gasteiger partial charge in [-0.05, 0) is 6.42 Å². The quantitative estimate of drug-likeness (QED) is 0.377. The minimum atomic E-state index is -1.07. The van der Waals surface area contributed by atoms with E-state index in [1.165, 1.54) is 57.8 Å². The van der Waals surface area contributed by atoms with E-state index in [0.717, 1.165) is 12.8 Å². The van der Waals surface area contributed by atoms with Crippen LogP contribution in [0.1, 0.15) is 90.4 Å². The zero-order chi connectivity index (χ0) is 17.3. The van der Waals surface area contributed by atoms with Gasteiger partial charge in [-0.25, -0.2) is 0 Å². The summed E-state index contributed by atoms with van der Waals surface area (Å²) in [5, 5.41) is 20.4. The minimum absolute atomic E-state index is 0.00889. The molecule has 0 bridgehead atoms. The molecule has 0 aliphatic carbocycles. The monoisotopic (exact) mass is 329 g/mol. The Kier molecular flexibility index (Phi) is 15.0. The van der Waals surface area contributed by atoms with E-state index < -0.39 is 18.0 Å². The minimum Gasteiger partial charge on any atom is -0.480 e. The van der Waals surface area contributed by atoms with Crippen molar-refractivity contribution in [3.8, 4) is 0 Å². The fraction of sp³-hybridized carbons (Fsp3) is 0.889. The summed E-state index contributed by atoms with van der Waals surface area (Å²) in [6, 6.07) is 0. The maximum Gasteiger partial charge on any atom is 0.322 e. The molecule has 3 N–H and O–H groups in total. The largest absolute Gasteiger partial charge is 0.480 e. The number of carbonyl (C=O) groups excluding carboxylic acids is 1. The molecule has 1 atom stereocenters. The van der Waals surface area contributed by atoms with Crippen molar-refractivity contribution in [3.05, 3.63) is 0 Å². The van der Waals surface area contributed by atoms with Gasteiger partial charge in [0.25, 0.3) is 0 Å². The van der Waals surface area contributed by atoms with Crippen LogP contribution >= 0.6 is 0 Å². The number of hydrogen-bond donors (Lipinski definition) is 3. The van der Waals surface area contributed by atoms with E-state index in [1.54, 1.807) is 0 Å². The Morgan fingerprint density at radius 1 is 0.870 bits per heavy atom. The average Bonchev–Trinajstić information content (AvgIpc) is 2.50. The Morgan fingerprint density at radius 3 is 1.83 bits per heavy atom. The zero-order valence-electron chi connectivity index (χ0n) is 14.7. The van der Waals surface area contributed by atoms with E-state index in [-0.39, 0.29) is 13.0 Å². The van der Waals surface area contributed by atoms with Crippen LogP contribution in [-0.2, 0) is 9.59 Å². The van der Waals surface area contributed by atoms with Crippen LogP contribution < -0.4 is 5.32 Å². The molecule has 5 nitrogen and oxygen atoms in total. The first-order valence-electron chi connectivity index (χ1n) is 9.22. The lowest BCUT2D eigenvalue weighted by molar-refractivity contribution is -0.138. The Morgan fingerprint density at radius 2 is 1.35 bits per heavy atom. The highest BCUT2D eigenvalue weighted by atomic mass is 16.4. The van der Waals surface area contributed by atoms with E-state index in [9.17, 15) is 14.7 Å². The van der Waals surface area contributed by atoms with Crippen molar-refractivity contribution < 1.29 is 19.8 Å². The summed E-state index contributed by atoms with van der Waals surface area (Å²) >= 11 is 0. The molecule has 0 aromatic rings. The Bertz CT molecular complexity index is 307. The predicted molar refractivity (Wildman–Crippen MR) is 92.3 cm³/mol. The van der Waals surface area contributed by atoms with Gasteiger partial charge in [-0.1, -0.05) is 77.6 Å².